The van der Waals surface area contributed by atoms with Crippen LogP contribution in [0.15, 0.2) is 24.3 Å². The van der Waals surface area contributed by atoms with E-state index in [-0.39, 0.29) is 5.65 Å². The maximum atomic E-state index is 13.2. The third kappa shape index (κ3) is 2.63. The highest BCUT2D eigenvalue weighted by Gasteiger charge is 2.38. The van der Waals surface area contributed by atoms with Crippen LogP contribution in [-0.4, -0.2) is 24.8 Å². The maximum absolute atomic E-state index is 13.2. The first kappa shape index (κ1) is 15.1. The number of rotatable bonds is 3. The molecule has 0 saturated heterocycles. The molecule has 0 aliphatic rings. The van der Waals surface area contributed by atoms with E-state index in [1.165, 1.54) is 0 Å². The number of halogens is 3. The van der Waals surface area contributed by atoms with Gasteiger partial charge in [-0.05, 0) is 17.4 Å². The summed E-state index contributed by atoms with van der Waals surface area (Å²) in [5, 5.41) is 7.42. The summed E-state index contributed by atoms with van der Waals surface area (Å²) in [5.74, 6) is -0.529. The summed E-state index contributed by atoms with van der Waals surface area (Å²) in [7, 11) is 0. The molecule has 0 fully saturated rings. The minimum Gasteiger partial charge on any atom is -0.268 e. The van der Waals surface area contributed by atoms with Crippen LogP contribution in [0, 0.1) is 0 Å². The van der Waals surface area contributed by atoms with Gasteiger partial charge in [0.2, 0.25) is 5.82 Å². The third-order valence-corrected chi connectivity index (χ3v) is 4.21. The van der Waals surface area contributed by atoms with Gasteiger partial charge in [-0.25, -0.2) is 4.98 Å². The van der Waals surface area contributed by atoms with Crippen LogP contribution in [0.2, 0.25) is 0 Å². The first-order chi connectivity index (χ1) is 10.4. The van der Waals surface area contributed by atoms with Gasteiger partial charge in [0, 0.05) is 5.75 Å². The van der Waals surface area contributed by atoms with E-state index in [4.69, 9.17) is 0 Å². The SMILES string of the molecule is CC(C)SCc1nc2ccccc2n2c(C(F)(F)F)nnc12. The lowest BCUT2D eigenvalue weighted by molar-refractivity contribution is -0.145. The first-order valence-electron chi connectivity index (χ1n) is 6.69. The third-order valence-electron chi connectivity index (χ3n) is 3.11. The number of nitrogens with zero attached hydrogens (tertiary/aromatic N) is 4. The highest BCUT2D eigenvalue weighted by atomic mass is 32.2. The number of aromatic nitrogens is 4. The lowest BCUT2D eigenvalue weighted by Gasteiger charge is -2.10. The molecule has 0 bridgehead atoms. The Morgan fingerprint density at radius 1 is 1.18 bits per heavy atom. The number of hydrogen-bond donors (Lipinski definition) is 0. The molecule has 1 aromatic carbocycles. The van der Waals surface area contributed by atoms with Crippen LogP contribution in [0.4, 0.5) is 13.2 Å². The Balaban J connectivity index is 2.30. The van der Waals surface area contributed by atoms with Crippen LogP contribution in [-0.2, 0) is 11.9 Å². The number of alkyl halides is 3. The second kappa shape index (κ2) is 5.42. The van der Waals surface area contributed by atoms with Gasteiger partial charge in [-0.1, -0.05) is 26.0 Å². The van der Waals surface area contributed by atoms with Crippen LogP contribution < -0.4 is 0 Å². The monoisotopic (exact) mass is 326 g/mol. The quantitative estimate of drug-likeness (QED) is 0.731. The lowest BCUT2D eigenvalue weighted by Crippen LogP contribution is -2.12. The summed E-state index contributed by atoms with van der Waals surface area (Å²) in [5.41, 5.74) is 1.53. The molecular weight excluding hydrogens is 313 g/mol. The van der Waals surface area contributed by atoms with Crippen molar-refractivity contribution in [1.82, 2.24) is 19.6 Å². The van der Waals surface area contributed by atoms with Gasteiger partial charge in [-0.15, -0.1) is 10.2 Å². The van der Waals surface area contributed by atoms with Crippen molar-refractivity contribution >= 4 is 28.4 Å². The minimum absolute atomic E-state index is 0.166. The van der Waals surface area contributed by atoms with E-state index in [1.807, 2.05) is 13.8 Å². The zero-order valence-corrected chi connectivity index (χ0v) is 12.7. The van der Waals surface area contributed by atoms with E-state index >= 15 is 0 Å². The molecule has 0 saturated carbocycles. The first-order valence-corrected chi connectivity index (χ1v) is 7.74. The molecule has 2 heterocycles. The Morgan fingerprint density at radius 3 is 2.59 bits per heavy atom. The number of fused-ring (bicyclic) bond motifs is 3. The Morgan fingerprint density at radius 2 is 1.91 bits per heavy atom. The summed E-state index contributed by atoms with van der Waals surface area (Å²) < 4.78 is 40.6. The topological polar surface area (TPSA) is 43.1 Å². The highest BCUT2D eigenvalue weighted by Crippen LogP contribution is 2.31. The molecule has 0 amide bonds. The lowest BCUT2D eigenvalue weighted by atomic mass is 10.3. The number of benzene rings is 1. The largest absolute Gasteiger partial charge is 0.452 e. The molecule has 0 spiro atoms. The van der Waals surface area contributed by atoms with Gasteiger partial charge in [0.25, 0.3) is 0 Å². The summed E-state index contributed by atoms with van der Waals surface area (Å²) in [6.07, 6.45) is -4.56. The molecule has 3 aromatic rings. The molecule has 8 heteroatoms. The van der Waals surface area contributed by atoms with Crippen molar-refractivity contribution in [3.63, 3.8) is 0 Å². The van der Waals surface area contributed by atoms with E-state index in [0.717, 1.165) is 4.40 Å². The van der Waals surface area contributed by atoms with Crippen molar-refractivity contribution in [3.05, 3.63) is 35.8 Å². The van der Waals surface area contributed by atoms with E-state index < -0.39 is 12.0 Å². The molecule has 0 N–H and O–H groups in total. The Kier molecular flexibility index (Phi) is 3.72. The maximum Gasteiger partial charge on any atom is 0.452 e. The van der Waals surface area contributed by atoms with Gasteiger partial charge in [0.1, 0.15) is 0 Å². The van der Waals surface area contributed by atoms with Crippen molar-refractivity contribution in [3.8, 4) is 0 Å². The second-order valence-corrected chi connectivity index (χ2v) is 6.65. The fraction of sp³-hybridized carbons (Fsp3) is 0.357. The number of para-hydroxylation sites is 2. The molecule has 116 valence electrons. The van der Waals surface area contributed by atoms with Crippen molar-refractivity contribution in [2.45, 2.75) is 31.0 Å². The smallest absolute Gasteiger partial charge is 0.268 e. The zero-order chi connectivity index (χ0) is 15.9. The van der Waals surface area contributed by atoms with E-state index in [2.05, 4.69) is 15.2 Å². The molecule has 0 aliphatic carbocycles. The van der Waals surface area contributed by atoms with Crippen LogP contribution in [0.25, 0.3) is 16.7 Å². The van der Waals surface area contributed by atoms with Crippen LogP contribution in [0.3, 0.4) is 0 Å². The average molecular weight is 326 g/mol. The predicted molar refractivity (Wildman–Crippen MR) is 79.7 cm³/mol. The Hall–Kier alpha value is -1.83. The van der Waals surface area contributed by atoms with Gasteiger partial charge in [0.05, 0.1) is 16.7 Å². The number of hydrogen-bond acceptors (Lipinski definition) is 4. The van der Waals surface area contributed by atoms with Crippen molar-refractivity contribution in [1.29, 1.82) is 0 Å². The van der Waals surface area contributed by atoms with Gasteiger partial charge in [-0.3, -0.25) is 4.40 Å². The minimum atomic E-state index is -4.56. The molecule has 0 atom stereocenters. The zero-order valence-electron chi connectivity index (χ0n) is 11.9. The van der Waals surface area contributed by atoms with Gasteiger partial charge < -0.3 is 0 Å². The Labute approximate surface area is 128 Å². The molecule has 0 radical (unpaired) electrons. The van der Waals surface area contributed by atoms with E-state index in [1.54, 1.807) is 36.0 Å². The van der Waals surface area contributed by atoms with Gasteiger partial charge in [0.15, 0.2) is 5.65 Å². The molecule has 2 aromatic heterocycles. The van der Waals surface area contributed by atoms with Crippen LogP contribution in [0.5, 0.6) is 0 Å². The summed E-state index contributed by atoms with van der Waals surface area (Å²) in [4.78, 5) is 4.46. The molecule has 3 rings (SSSR count). The number of thioether (sulfide) groups is 1. The van der Waals surface area contributed by atoms with Crippen LogP contribution >= 0.6 is 11.8 Å². The second-order valence-electron chi connectivity index (χ2n) is 5.09. The van der Waals surface area contributed by atoms with Gasteiger partial charge in [-0.2, -0.15) is 24.9 Å². The van der Waals surface area contributed by atoms with Gasteiger partial charge >= 0.3 is 6.18 Å². The molecule has 4 nitrogen and oxygen atoms in total. The van der Waals surface area contributed by atoms with Crippen LogP contribution in [0.1, 0.15) is 25.4 Å². The highest BCUT2D eigenvalue weighted by molar-refractivity contribution is 7.99. The van der Waals surface area contributed by atoms with Crippen molar-refractivity contribution in [2.24, 2.45) is 0 Å². The molecule has 22 heavy (non-hydrogen) atoms. The van der Waals surface area contributed by atoms with Crippen molar-refractivity contribution < 1.29 is 13.2 Å². The molecular formula is C14H13F3N4S. The average Bonchev–Trinajstić information content (AvgIpc) is 2.90. The van der Waals surface area contributed by atoms with Crippen molar-refractivity contribution in [2.75, 3.05) is 0 Å². The van der Waals surface area contributed by atoms with E-state index in [9.17, 15) is 13.2 Å². The Bertz CT molecular complexity index is 826. The summed E-state index contributed by atoms with van der Waals surface area (Å²) in [6.45, 7) is 4.04. The van der Waals surface area contributed by atoms with E-state index in [0.29, 0.717) is 27.7 Å². The summed E-state index contributed by atoms with van der Waals surface area (Å²) in [6, 6.07) is 6.70. The summed E-state index contributed by atoms with van der Waals surface area (Å²) >= 11 is 1.60. The predicted octanol–water partition coefficient (Wildman–Crippen LogP) is 3.94. The fourth-order valence-corrected chi connectivity index (χ4v) is 2.85. The fourth-order valence-electron chi connectivity index (χ4n) is 2.17. The molecule has 0 unspecified atom stereocenters. The molecule has 0 aliphatic heterocycles. The standard InChI is InChI=1S/C14H13F3N4S/c1-8(2)22-7-10-12-19-20-13(14(15,16)17)21(12)11-6-4-3-5-9(11)18-10/h3-6,8H,7H2,1-2H3. The normalized spacial score (nSPS) is 12.6.